The van der Waals surface area contributed by atoms with Crippen LogP contribution in [0.1, 0.15) is 33.9 Å². The predicted molar refractivity (Wildman–Crippen MR) is 103 cm³/mol. The summed E-state index contributed by atoms with van der Waals surface area (Å²) in [5.41, 5.74) is 1.54. The number of carbonyl (C=O) groups is 1. The number of phenols is 1. The maximum atomic E-state index is 12.7. The maximum Gasteiger partial charge on any atom is 0.253 e. The fourth-order valence-electron chi connectivity index (χ4n) is 3.40. The molecule has 0 radical (unpaired) electrons. The SMILES string of the molecule is O=C(NCC1CCCNC1)c1ccc(O)c2[nH]c(Cc3cccs3)nc12. The molecule has 1 amide bonds. The molecule has 1 atom stereocenters. The molecule has 1 aromatic carbocycles. The van der Waals surface area contributed by atoms with Gasteiger partial charge in [-0.15, -0.1) is 11.3 Å². The molecule has 0 aliphatic carbocycles. The van der Waals surface area contributed by atoms with E-state index in [2.05, 4.69) is 20.6 Å². The molecule has 0 spiro atoms. The third-order valence-corrected chi connectivity index (χ3v) is 5.67. The fraction of sp³-hybridized carbons (Fsp3) is 0.368. The van der Waals surface area contributed by atoms with Crippen LogP contribution in [0.15, 0.2) is 29.6 Å². The second-order valence-electron chi connectivity index (χ2n) is 6.72. The summed E-state index contributed by atoms with van der Waals surface area (Å²) in [5, 5.41) is 18.5. The second kappa shape index (κ2) is 7.47. The summed E-state index contributed by atoms with van der Waals surface area (Å²) >= 11 is 1.66. The van der Waals surface area contributed by atoms with E-state index in [1.165, 1.54) is 4.88 Å². The van der Waals surface area contributed by atoms with E-state index < -0.39 is 0 Å². The van der Waals surface area contributed by atoms with Crippen LogP contribution in [0, 0.1) is 5.92 Å². The molecule has 1 aliphatic rings. The molecule has 3 aromatic rings. The molecule has 0 saturated carbocycles. The van der Waals surface area contributed by atoms with Crippen LogP contribution in [0.25, 0.3) is 11.0 Å². The molecule has 1 aliphatic heterocycles. The first-order chi connectivity index (χ1) is 12.7. The highest BCUT2D eigenvalue weighted by atomic mass is 32.1. The Bertz CT molecular complexity index is 898. The number of nitrogens with zero attached hydrogens (tertiary/aromatic N) is 1. The van der Waals surface area contributed by atoms with E-state index in [-0.39, 0.29) is 11.7 Å². The van der Waals surface area contributed by atoms with Gasteiger partial charge < -0.3 is 20.7 Å². The highest BCUT2D eigenvalue weighted by molar-refractivity contribution is 7.09. The average Bonchev–Trinajstić information content (AvgIpc) is 3.31. The molecule has 4 N–H and O–H groups in total. The van der Waals surface area contributed by atoms with E-state index in [9.17, 15) is 9.90 Å². The van der Waals surface area contributed by atoms with E-state index in [1.54, 1.807) is 23.5 Å². The summed E-state index contributed by atoms with van der Waals surface area (Å²) in [6, 6.07) is 7.23. The third kappa shape index (κ3) is 3.59. The van der Waals surface area contributed by atoms with E-state index in [0.717, 1.165) is 31.8 Å². The number of fused-ring (bicyclic) bond motifs is 1. The number of hydrogen-bond donors (Lipinski definition) is 4. The Balaban J connectivity index is 1.54. The molecule has 1 unspecified atom stereocenters. The highest BCUT2D eigenvalue weighted by Crippen LogP contribution is 2.27. The van der Waals surface area contributed by atoms with Crippen LogP contribution in [-0.2, 0) is 6.42 Å². The maximum absolute atomic E-state index is 12.7. The van der Waals surface area contributed by atoms with Crippen LogP contribution in [0.3, 0.4) is 0 Å². The average molecular weight is 370 g/mol. The number of aromatic nitrogens is 2. The van der Waals surface area contributed by atoms with Crippen molar-refractivity contribution in [2.45, 2.75) is 19.3 Å². The van der Waals surface area contributed by atoms with Crippen molar-refractivity contribution in [2.24, 2.45) is 5.92 Å². The smallest absolute Gasteiger partial charge is 0.253 e. The van der Waals surface area contributed by atoms with Crippen LogP contribution >= 0.6 is 11.3 Å². The zero-order chi connectivity index (χ0) is 17.9. The van der Waals surface area contributed by atoms with Crippen LogP contribution in [0.5, 0.6) is 5.75 Å². The van der Waals surface area contributed by atoms with Gasteiger partial charge in [0.2, 0.25) is 0 Å². The number of nitrogens with one attached hydrogen (secondary N) is 3. The molecule has 1 saturated heterocycles. The van der Waals surface area contributed by atoms with Crippen LogP contribution in [0.4, 0.5) is 0 Å². The minimum absolute atomic E-state index is 0.109. The lowest BCUT2D eigenvalue weighted by Gasteiger charge is -2.22. The van der Waals surface area contributed by atoms with E-state index in [4.69, 9.17) is 0 Å². The number of H-pyrrole nitrogens is 1. The van der Waals surface area contributed by atoms with Crippen molar-refractivity contribution in [1.29, 1.82) is 0 Å². The number of benzene rings is 1. The number of phenolic OH excluding ortho intramolecular Hbond substituents is 1. The number of aromatic hydroxyl groups is 1. The normalized spacial score (nSPS) is 17.5. The van der Waals surface area contributed by atoms with Crippen molar-refractivity contribution < 1.29 is 9.90 Å². The molecule has 2 aromatic heterocycles. The largest absolute Gasteiger partial charge is 0.506 e. The Labute approximate surface area is 155 Å². The lowest BCUT2D eigenvalue weighted by atomic mass is 9.99. The first-order valence-corrected chi connectivity index (χ1v) is 9.80. The number of thiophene rings is 1. The minimum Gasteiger partial charge on any atom is -0.506 e. The first-order valence-electron chi connectivity index (χ1n) is 8.92. The fourth-order valence-corrected chi connectivity index (χ4v) is 4.11. The zero-order valence-corrected chi connectivity index (χ0v) is 15.2. The number of hydrogen-bond acceptors (Lipinski definition) is 5. The first kappa shape index (κ1) is 17.1. The van der Waals surface area contributed by atoms with Gasteiger partial charge in [0.1, 0.15) is 22.6 Å². The topological polar surface area (TPSA) is 90.0 Å². The molecule has 26 heavy (non-hydrogen) atoms. The summed E-state index contributed by atoms with van der Waals surface area (Å²) in [5.74, 6) is 1.18. The quantitative estimate of drug-likeness (QED) is 0.556. The number of aromatic amines is 1. The second-order valence-corrected chi connectivity index (χ2v) is 7.75. The van der Waals surface area contributed by atoms with Crippen LogP contribution in [0.2, 0.25) is 0 Å². The number of carbonyl (C=O) groups excluding carboxylic acids is 1. The molecule has 4 rings (SSSR count). The number of imidazole rings is 1. The Kier molecular flexibility index (Phi) is 4.90. The third-order valence-electron chi connectivity index (χ3n) is 4.79. The Morgan fingerprint density at radius 3 is 3.08 bits per heavy atom. The minimum atomic E-state index is -0.144. The Hall–Kier alpha value is -2.38. The highest BCUT2D eigenvalue weighted by Gasteiger charge is 2.19. The summed E-state index contributed by atoms with van der Waals surface area (Å²) in [4.78, 5) is 21.6. The van der Waals surface area contributed by atoms with Gasteiger partial charge >= 0.3 is 0 Å². The summed E-state index contributed by atoms with van der Waals surface area (Å²) in [6.45, 7) is 2.66. The van der Waals surface area contributed by atoms with Crippen molar-refractivity contribution in [3.05, 3.63) is 45.9 Å². The molecule has 7 heteroatoms. The van der Waals surface area contributed by atoms with Gasteiger partial charge in [0.05, 0.1) is 5.56 Å². The van der Waals surface area contributed by atoms with E-state index in [0.29, 0.717) is 35.5 Å². The number of rotatable bonds is 5. The monoisotopic (exact) mass is 370 g/mol. The van der Waals surface area contributed by atoms with Gasteiger partial charge in [-0.25, -0.2) is 4.98 Å². The predicted octanol–water partition coefficient (Wildman–Crippen LogP) is 2.65. The zero-order valence-electron chi connectivity index (χ0n) is 14.4. The van der Waals surface area contributed by atoms with Crippen molar-refractivity contribution in [3.8, 4) is 5.75 Å². The van der Waals surface area contributed by atoms with Gasteiger partial charge in [-0.1, -0.05) is 6.07 Å². The van der Waals surface area contributed by atoms with Crippen molar-refractivity contribution in [3.63, 3.8) is 0 Å². The van der Waals surface area contributed by atoms with Gasteiger partial charge in [-0.3, -0.25) is 4.79 Å². The van der Waals surface area contributed by atoms with Crippen molar-refractivity contribution in [2.75, 3.05) is 19.6 Å². The van der Waals surface area contributed by atoms with Crippen LogP contribution in [-0.4, -0.2) is 40.6 Å². The standard InChI is InChI=1S/C19H22N4O2S/c24-15-6-5-14(19(25)21-11-12-3-1-7-20-10-12)17-18(15)23-16(22-17)9-13-4-2-8-26-13/h2,4-6,8,12,20,24H,1,3,7,9-11H2,(H,21,25)(H,22,23). The van der Waals surface area contributed by atoms with Gasteiger partial charge in [-0.2, -0.15) is 0 Å². The van der Waals surface area contributed by atoms with Gasteiger partial charge in [0, 0.05) is 17.8 Å². The molecule has 1 fully saturated rings. The lowest BCUT2D eigenvalue weighted by Crippen LogP contribution is -2.38. The van der Waals surface area contributed by atoms with Crippen molar-refractivity contribution in [1.82, 2.24) is 20.6 Å². The summed E-state index contributed by atoms with van der Waals surface area (Å²) in [7, 11) is 0. The van der Waals surface area contributed by atoms with Gasteiger partial charge in [-0.05, 0) is 55.4 Å². The molecule has 3 heterocycles. The van der Waals surface area contributed by atoms with Crippen molar-refractivity contribution >= 4 is 28.3 Å². The lowest BCUT2D eigenvalue weighted by molar-refractivity contribution is 0.0946. The Morgan fingerprint density at radius 2 is 2.31 bits per heavy atom. The van der Waals surface area contributed by atoms with Crippen LogP contribution < -0.4 is 10.6 Å². The molecular formula is C19H22N4O2S. The number of piperidine rings is 1. The summed E-state index contributed by atoms with van der Waals surface area (Å²) in [6.07, 6.45) is 2.93. The number of amides is 1. The summed E-state index contributed by atoms with van der Waals surface area (Å²) < 4.78 is 0. The van der Waals surface area contributed by atoms with E-state index in [1.807, 2.05) is 17.5 Å². The molecule has 136 valence electrons. The molecule has 0 bridgehead atoms. The van der Waals surface area contributed by atoms with Gasteiger partial charge in [0.25, 0.3) is 5.91 Å². The van der Waals surface area contributed by atoms with E-state index >= 15 is 0 Å². The Morgan fingerprint density at radius 1 is 1.38 bits per heavy atom. The van der Waals surface area contributed by atoms with Gasteiger partial charge in [0.15, 0.2) is 0 Å². The molecule has 6 nitrogen and oxygen atoms in total. The molecular weight excluding hydrogens is 348 g/mol.